The number of aryl methyl sites for hydroxylation is 1. The van der Waals surface area contributed by atoms with E-state index in [1.54, 1.807) is 0 Å². The molecule has 1 heterocycles. The fourth-order valence-electron chi connectivity index (χ4n) is 2.83. The lowest BCUT2D eigenvalue weighted by atomic mass is 9.78. The minimum atomic E-state index is 0.325. The van der Waals surface area contributed by atoms with E-state index in [0.717, 1.165) is 0 Å². The maximum Gasteiger partial charge on any atom is 0.0524 e. The molecule has 1 aliphatic carbocycles. The molecule has 0 saturated heterocycles. The highest BCUT2D eigenvalue weighted by Crippen LogP contribution is 2.47. The van der Waals surface area contributed by atoms with Gasteiger partial charge in [0.25, 0.3) is 0 Å². The van der Waals surface area contributed by atoms with Crippen molar-refractivity contribution in [3.63, 3.8) is 0 Å². The van der Waals surface area contributed by atoms with Crippen LogP contribution in [0.25, 0.3) is 0 Å². The van der Waals surface area contributed by atoms with Crippen molar-refractivity contribution in [1.82, 2.24) is 5.43 Å². The van der Waals surface area contributed by atoms with E-state index in [9.17, 15) is 0 Å². The lowest BCUT2D eigenvalue weighted by Gasteiger charge is -2.33. The molecule has 1 fully saturated rings. The van der Waals surface area contributed by atoms with Crippen LogP contribution in [0, 0.1) is 12.3 Å². The van der Waals surface area contributed by atoms with E-state index in [1.807, 2.05) is 11.3 Å². The summed E-state index contributed by atoms with van der Waals surface area (Å²) in [6.45, 7) is 4.55. The zero-order valence-electron chi connectivity index (χ0n) is 9.55. The van der Waals surface area contributed by atoms with Gasteiger partial charge in [0.1, 0.15) is 0 Å². The van der Waals surface area contributed by atoms with Crippen LogP contribution < -0.4 is 11.3 Å². The summed E-state index contributed by atoms with van der Waals surface area (Å²) in [7, 11) is 0. The minimum absolute atomic E-state index is 0.325. The SMILES string of the molecule is Cc1sccc1C(NN)C1(C)CCCC1. The topological polar surface area (TPSA) is 38.0 Å². The van der Waals surface area contributed by atoms with Crippen molar-refractivity contribution in [3.8, 4) is 0 Å². The molecule has 0 bridgehead atoms. The Bertz CT molecular complexity index is 326. The van der Waals surface area contributed by atoms with E-state index in [4.69, 9.17) is 5.84 Å². The highest BCUT2D eigenvalue weighted by molar-refractivity contribution is 7.10. The van der Waals surface area contributed by atoms with Crippen LogP contribution in [0.4, 0.5) is 0 Å². The van der Waals surface area contributed by atoms with E-state index in [1.165, 1.54) is 36.1 Å². The Morgan fingerprint density at radius 1 is 1.47 bits per heavy atom. The monoisotopic (exact) mass is 224 g/mol. The van der Waals surface area contributed by atoms with Gasteiger partial charge in [0.2, 0.25) is 0 Å². The van der Waals surface area contributed by atoms with Crippen LogP contribution in [0.5, 0.6) is 0 Å². The summed E-state index contributed by atoms with van der Waals surface area (Å²) >= 11 is 1.81. The van der Waals surface area contributed by atoms with Crippen molar-refractivity contribution in [1.29, 1.82) is 0 Å². The molecule has 1 aromatic rings. The first kappa shape index (κ1) is 11.1. The quantitative estimate of drug-likeness (QED) is 0.611. The van der Waals surface area contributed by atoms with E-state index >= 15 is 0 Å². The van der Waals surface area contributed by atoms with E-state index < -0.39 is 0 Å². The van der Waals surface area contributed by atoms with Gasteiger partial charge in [-0.05, 0) is 42.2 Å². The van der Waals surface area contributed by atoms with Crippen molar-refractivity contribution in [2.45, 2.75) is 45.6 Å². The standard InChI is InChI=1S/C12H20N2S/c1-9-10(5-8-15-9)11(14-13)12(2)6-3-4-7-12/h5,8,11,14H,3-4,6-7,13H2,1-2H3. The second-order valence-corrected chi connectivity index (χ2v) is 6.01. The Morgan fingerprint density at radius 2 is 2.13 bits per heavy atom. The number of thiophene rings is 1. The van der Waals surface area contributed by atoms with Gasteiger partial charge < -0.3 is 0 Å². The van der Waals surface area contributed by atoms with Crippen LogP contribution in [-0.2, 0) is 0 Å². The Kier molecular flexibility index (Phi) is 3.14. The van der Waals surface area contributed by atoms with Crippen LogP contribution in [0.2, 0.25) is 0 Å². The van der Waals surface area contributed by atoms with Gasteiger partial charge in [-0.25, -0.2) is 0 Å². The molecule has 1 saturated carbocycles. The molecule has 1 aliphatic rings. The smallest absolute Gasteiger partial charge is 0.0524 e. The number of nitrogens with one attached hydrogen (secondary N) is 1. The third-order valence-corrected chi connectivity index (χ3v) is 4.68. The minimum Gasteiger partial charge on any atom is -0.271 e. The lowest BCUT2D eigenvalue weighted by Crippen LogP contribution is -2.38. The molecule has 84 valence electrons. The molecular formula is C12H20N2S. The summed E-state index contributed by atoms with van der Waals surface area (Å²) < 4.78 is 0. The normalized spacial score (nSPS) is 21.8. The second-order valence-electron chi connectivity index (χ2n) is 4.89. The first-order chi connectivity index (χ1) is 7.17. The highest BCUT2D eigenvalue weighted by Gasteiger charge is 2.38. The van der Waals surface area contributed by atoms with Gasteiger partial charge >= 0.3 is 0 Å². The van der Waals surface area contributed by atoms with Gasteiger partial charge in [-0.2, -0.15) is 0 Å². The molecule has 1 unspecified atom stereocenters. The summed E-state index contributed by atoms with van der Waals surface area (Å²) in [5, 5.41) is 2.16. The van der Waals surface area contributed by atoms with Crippen molar-refractivity contribution in [2.24, 2.45) is 11.3 Å². The molecule has 0 radical (unpaired) electrons. The van der Waals surface area contributed by atoms with Crippen molar-refractivity contribution in [2.75, 3.05) is 0 Å². The maximum absolute atomic E-state index is 5.75. The Hall–Kier alpha value is -0.380. The molecule has 2 rings (SSSR count). The first-order valence-electron chi connectivity index (χ1n) is 5.67. The Balaban J connectivity index is 2.27. The second kappa shape index (κ2) is 4.24. The summed E-state index contributed by atoms with van der Waals surface area (Å²) in [5.74, 6) is 5.75. The van der Waals surface area contributed by atoms with E-state index in [0.29, 0.717) is 11.5 Å². The summed E-state index contributed by atoms with van der Waals surface area (Å²) in [6, 6.07) is 2.54. The van der Waals surface area contributed by atoms with Gasteiger partial charge in [0.15, 0.2) is 0 Å². The molecule has 3 N–H and O–H groups in total. The predicted octanol–water partition coefficient (Wildman–Crippen LogP) is 3.14. The number of hydrogen-bond donors (Lipinski definition) is 2. The van der Waals surface area contributed by atoms with E-state index in [-0.39, 0.29) is 0 Å². The average molecular weight is 224 g/mol. The van der Waals surface area contributed by atoms with Gasteiger partial charge in [-0.1, -0.05) is 19.8 Å². The highest BCUT2D eigenvalue weighted by atomic mass is 32.1. The number of nitrogens with two attached hydrogens (primary N) is 1. The van der Waals surface area contributed by atoms with Crippen LogP contribution in [0.1, 0.15) is 49.1 Å². The third-order valence-electron chi connectivity index (χ3n) is 3.82. The van der Waals surface area contributed by atoms with Crippen molar-refractivity contribution >= 4 is 11.3 Å². The van der Waals surface area contributed by atoms with Gasteiger partial charge in [-0.15, -0.1) is 11.3 Å². The molecule has 2 nitrogen and oxygen atoms in total. The van der Waals surface area contributed by atoms with Crippen molar-refractivity contribution < 1.29 is 0 Å². The average Bonchev–Trinajstić information content (AvgIpc) is 2.79. The fourth-order valence-corrected chi connectivity index (χ4v) is 3.57. The molecule has 0 aromatic carbocycles. The number of hydrazine groups is 1. The summed E-state index contributed by atoms with van der Waals surface area (Å²) in [5.41, 5.74) is 4.78. The van der Waals surface area contributed by atoms with Crippen molar-refractivity contribution in [3.05, 3.63) is 21.9 Å². The van der Waals surface area contributed by atoms with Crippen LogP contribution in [0.3, 0.4) is 0 Å². The molecule has 1 atom stereocenters. The largest absolute Gasteiger partial charge is 0.271 e. The van der Waals surface area contributed by atoms with E-state index in [2.05, 4.69) is 30.7 Å². The first-order valence-corrected chi connectivity index (χ1v) is 6.55. The molecule has 15 heavy (non-hydrogen) atoms. The summed E-state index contributed by atoms with van der Waals surface area (Å²) in [4.78, 5) is 1.39. The van der Waals surface area contributed by atoms with Gasteiger partial charge in [-0.3, -0.25) is 11.3 Å². The Morgan fingerprint density at radius 3 is 2.60 bits per heavy atom. The maximum atomic E-state index is 5.75. The van der Waals surface area contributed by atoms with Crippen LogP contribution >= 0.6 is 11.3 Å². The number of hydrogen-bond acceptors (Lipinski definition) is 3. The third kappa shape index (κ3) is 1.96. The molecule has 0 aliphatic heterocycles. The molecule has 0 spiro atoms. The van der Waals surface area contributed by atoms with Crippen LogP contribution in [-0.4, -0.2) is 0 Å². The van der Waals surface area contributed by atoms with Gasteiger partial charge in [0, 0.05) is 4.88 Å². The zero-order valence-corrected chi connectivity index (χ0v) is 10.4. The molecule has 0 amide bonds. The van der Waals surface area contributed by atoms with Crippen LogP contribution in [0.15, 0.2) is 11.4 Å². The molecule has 1 aromatic heterocycles. The lowest BCUT2D eigenvalue weighted by molar-refractivity contribution is 0.225. The fraction of sp³-hybridized carbons (Fsp3) is 0.667. The summed E-state index contributed by atoms with van der Waals surface area (Å²) in [6.07, 6.45) is 5.27. The van der Waals surface area contributed by atoms with Gasteiger partial charge in [0.05, 0.1) is 6.04 Å². The number of rotatable bonds is 3. The Labute approximate surface area is 95.8 Å². The zero-order chi connectivity index (χ0) is 10.9. The molecule has 3 heteroatoms. The molecular weight excluding hydrogens is 204 g/mol. The predicted molar refractivity (Wildman–Crippen MR) is 65.7 cm³/mol.